The van der Waals surface area contributed by atoms with Gasteiger partial charge in [-0.25, -0.2) is 19.6 Å². The van der Waals surface area contributed by atoms with Crippen LogP contribution < -0.4 is 0 Å². The summed E-state index contributed by atoms with van der Waals surface area (Å²) in [5, 5.41) is 0. The van der Waals surface area contributed by atoms with E-state index in [-0.39, 0.29) is 28.1 Å². The second-order valence-corrected chi connectivity index (χ2v) is 21.1. The Morgan fingerprint density at radius 1 is 0.222 bits per heavy atom. The standard InChI is InChI=1S/C37H76O8/c1-28(2,3)23-32(13,14)38-42-36(21,43-39-33(15,16)24-29(4,5)6)27-37(22,44-40-34(17,18)25-30(7,8)9)45-41-35(19,20)26-31(10,11)12/h23-27H2,1-22H3. The minimum Gasteiger partial charge on any atom is -0.228 e. The van der Waals surface area contributed by atoms with E-state index in [1.165, 1.54) is 0 Å². The average molecular weight is 649 g/mol. The van der Waals surface area contributed by atoms with Crippen molar-refractivity contribution >= 4 is 0 Å². The maximum atomic E-state index is 6.17. The summed E-state index contributed by atoms with van der Waals surface area (Å²) >= 11 is 0. The summed E-state index contributed by atoms with van der Waals surface area (Å²) in [5.74, 6) is -2.98. The molecule has 0 bridgehead atoms. The highest BCUT2D eigenvalue weighted by atomic mass is 17.3. The Balaban J connectivity index is 6.51. The van der Waals surface area contributed by atoms with Gasteiger partial charge in [0.25, 0.3) is 0 Å². The van der Waals surface area contributed by atoms with E-state index in [1.54, 1.807) is 13.8 Å². The smallest absolute Gasteiger partial charge is 0.228 e. The largest absolute Gasteiger partial charge is 0.236 e. The summed E-state index contributed by atoms with van der Waals surface area (Å²) in [7, 11) is 0. The third-order valence-electron chi connectivity index (χ3n) is 6.24. The molecule has 0 saturated heterocycles. The number of rotatable bonds is 18. The third-order valence-corrected chi connectivity index (χ3v) is 6.24. The molecule has 0 saturated carbocycles. The van der Waals surface area contributed by atoms with Crippen molar-refractivity contribution in [3.63, 3.8) is 0 Å². The van der Waals surface area contributed by atoms with Gasteiger partial charge in [-0.15, -0.1) is 0 Å². The second-order valence-electron chi connectivity index (χ2n) is 21.1. The molecule has 0 aliphatic heterocycles. The number of hydrogen-bond donors (Lipinski definition) is 0. The first-order valence-electron chi connectivity index (χ1n) is 16.8. The normalized spacial score (nSPS) is 15.6. The molecule has 0 rings (SSSR count). The monoisotopic (exact) mass is 649 g/mol. The van der Waals surface area contributed by atoms with Gasteiger partial charge in [-0.05, 0) is 117 Å². The zero-order chi connectivity index (χ0) is 36.2. The number of hydrogen-bond acceptors (Lipinski definition) is 8. The van der Waals surface area contributed by atoms with E-state index in [9.17, 15) is 0 Å². The minimum atomic E-state index is -1.49. The van der Waals surface area contributed by atoms with Gasteiger partial charge < -0.3 is 0 Å². The molecule has 45 heavy (non-hydrogen) atoms. The first kappa shape index (κ1) is 44.7. The molecule has 0 spiro atoms. The fraction of sp³-hybridized carbons (Fsp3) is 1.00. The summed E-state index contributed by atoms with van der Waals surface area (Å²) in [6, 6.07) is 0. The van der Waals surface area contributed by atoms with E-state index in [2.05, 4.69) is 83.1 Å². The van der Waals surface area contributed by atoms with Crippen LogP contribution >= 0.6 is 0 Å². The van der Waals surface area contributed by atoms with Crippen LogP contribution in [0.1, 0.15) is 184 Å². The SMILES string of the molecule is CC(C)(C)CC(C)(C)OOC(C)(CC(C)(OOC(C)(C)CC(C)(C)C)OOC(C)(C)CC(C)(C)C)OOC(C)(C)CC(C)(C)C. The molecule has 0 aliphatic carbocycles. The highest BCUT2D eigenvalue weighted by Gasteiger charge is 2.48. The Morgan fingerprint density at radius 2 is 0.378 bits per heavy atom. The first-order valence-corrected chi connectivity index (χ1v) is 16.8. The van der Waals surface area contributed by atoms with E-state index >= 15 is 0 Å². The lowest BCUT2D eigenvalue weighted by Gasteiger charge is -2.42. The van der Waals surface area contributed by atoms with Gasteiger partial charge in [-0.3, -0.25) is 0 Å². The van der Waals surface area contributed by atoms with Crippen LogP contribution in [0, 0.1) is 21.7 Å². The molecule has 272 valence electrons. The fourth-order valence-corrected chi connectivity index (χ4v) is 6.76. The van der Waals surface area contributed by atoms with Crippen LogP contribution in [-0.2, 0) is 39.1 Å². The molecule has 0 aromatic carbocycles. The first-order chi connectivity index (χ1) is 19.4. The van der Waals surface area contributed by atoms with Gasteiger partial charge in [0.2, 0.25) is 11.6 Å². The van der Waals surface area contributed by atoms with Gasteiger partial charge >= 0.3 is 0 Å². The molecule has 8 heteroatoms. The molecule has 0 fully saturated rings. The summed E-state index contributed by atoms with van der Waals surface area (Å²) in [4.78, 5) is 49.1. The fourth-order valence-electron chi connectivity index (χ4n) is 6.76. The second kappa shape index (κ2) is 15.1. The lowest BCUT2D eigenvalue weighted by molar-refractivity contribution is -0.582. The Labute approximate surface area is 279 Å². The van der Waals surface area contributed by atoms with Gasteiger partial charge in [-0.1, -0.05) is 83.1 Å². The van der Waals surface area contributed by atoms with Crippen LogP contribution in [0.25, 0.3) is 0 Å². The Morgan fingerprint density at radius 3 is 0.511 bits per heavy atom. The molecule has 0 N–H and O–H groups in total. The topological polar surface area (TPSA) is 73.8 Å². The summed E-state index contributed by atoms with van der Waals surface area (Å²) in [6.07, 6.45) is 2.94. The van der Waals surface area contributed by atoms with Crippen molar-refractivity contribution in [2.24, 2.45) is 21.7 Å². The predicted molar refractivity (Wildman–Crippen MR) is 183 cm³/mol. The Hall–Kier alpha value is -0.320. The summed E-state index contributed by atoms with van der Waals surface area (Å²) in [6.45, 7) is 45.4. The third kappa shape index (κ3) is 22.8. The summed E-state index contributed by atoms with van der Waals surface area (Å²) < 4.78 is 0. The van der Waals surface area contributed by atoms with Crippen LogP contribution in [0.15, 0.2) is 0 Å². The predicted octanol–water partition coefficient (Wildman–Crippen LogP) is 11.5. The lowest BCUT2D eigenvalue weighted by Crippen LogP contribution is -2.49. The maximum Gasteiger partial charge on any atom is 0.236 e. The molecule has 0 amide bonds. The summed E-state index contributed by atoms with van der Waals surface area (Å²) in [5.41, 5.74) is -2.47. The molecule has 0 aliphatic rings. The van der Waals surface area contributed by atoms with Gasteiger partial charge in [-0.2, -0.15) is 19.6 Å². The molecule has 0 aromatic heterocycles. The highest BCUT2D eigenvalue weighted by Crippen LogP contribution is 2.40. The van der Waals surface area contributed by atoms with Crippen LogP contribution in [0.5, 0.6) is 0 Å². The van der Waals surface area contributed by atoms with Crippen LogP contribution in [-0.4, -0.2) is 34.0 Å². The Kier molecular flexibility index (Phi) is 15.0. The van der Waals surface area contributed by atoms with Crippen LogP contribution in [0.3, 0.4) is 0 Å². The molecule has 0 aromatic rings. The van der Waals surface area contributed by atoms with Gasteiger partial charge in [0.05, 0.1) is 28.8 Å². The van der Waals surface area contributed by atoms with Crippen molar-refractivity contribution in [1.82, 2.24) is 0 Å². The van der Waals surface area contributed by atoms with Gasteiger partial charge in [0, 0.05) is 0 Å². The van der Waals surface area contributed by atoms with Gasteiger partial charge in [0.1, 0.15) is 0 Å². The maximum absolute atomic E-state index is 6.17. The van der Waals surface area contributed by atoms with E-state index in [0.717, 1.165) is 25.7 Å². The van der Waals surface area contributed by atoms with E-state index in [4.69, 9.17) is 39.1 Å². The Bertz CT molecular complexity index is 740. The molecule has 0 radical (unpaired) electrons. The molecular formula is C37H76O8. The van der Waals surface area contributed by atoms with E-state index in [1.807, 2.05) is 55.4 Å². The quantitative estimate of drug-likeness (QED) is 0.0825. The zero-order valence-electron chi connectivity index (χ0n) is 33.8. The molecular weight excluding hydrogens is 572 g/mol. The highest BCUT2D eigenvalue weighted by molar-refractivity contribution is 4.81. The van der Waals surface area contributed by atoms with Crippen molar-refractivity contribution in [3.05, 3.63) is 0 Å². The lowest BCUT2D eigenvalue weighted by atomic mass is 9.84. The molecule has 0 heterocycles. The zero-order valence-corrected chi connectivity index (χ0v) is 33.8. The van der Waals surface area contributed by atoms with Crippen molar-refractivity contribution in [1.29, 1.82) is 0 Å². The minimum absolute atomic E-state index is 0.00894. The van der Waals surface area contributed by atoms with Crippen molar-refractivity contribution in [2.75, 3.05) is 0 Å². The van der Waals surface area contributed by atoms with Crippen LogP contribution in [0.2, 0.25) is 0 Å². The molecule has 0 atom stereocenters. The average Bonchev–Trinajstić information content (AvgIpc) is 2.68. The van der Waals surface area contributed by atoms with Crippen LogP contribution in [0.4, 0.5) is 0 Å². The van der Waals surface area contributed by atoms with Gasteiger partial charge in [0.15, 0.2) is 0 Å². The molecule has 8 nitrogen and oxygen atoms in total. The van der Waals surface area contributed by atoms with E-state index in [0.29, 0.717) is 0 Å². The molecule has 0 unspecified atom stereocenters. The van der Waals surface area contributed by atoms with Crippen molar-refractivity contribution in [3.8, 4) is 0 Å². The van der Waals surface area contributed by atoms with E-state index < -0.39 is 34.0 Å². The van der Waals surface area contributed by atoms with Crippen molar-refractivity contribution < 1.29 is 39.1 Å². The van der Waals surface area contributed by atoms with Crippen molar-refractivity contribution in [2.45, 2.75) is 218 Å².